The fraction of sp³-hybridized carbons (Fsp3) is 0.917. The highest BCUT2D eigenvalue weighted by molar-refractivity contribution is 5.67. The Hall–Kier alpha value is -0.850. The number of aliphatic hydroxyl groups is 2. The van der Waals surface area contributed by atoms with Crippen molar-refractivity contribution < 1.29 is 19.7 Å². The molecule has 0 aliphatic carbocycles. The van der Waals surface area contributed by atoms with Crippen LogP contribution in [0.15, 0.2) is 0 Å². The van der Waals surface area contributed by atoms with Crippen LogP contribution < -0.4 is 5.32 Å². The van der Waals surface area contributed by atoms with Gasteiger partial charge in [0.2, 0.25) is 0 Å². The van der Waals surface area contributed by atoms with Crippen molar-refractivity contribution in [2.45, 2.75) is 32.8 Å². The van der Waals surface area contributed by atoms with Crippen LogP contribution in [-0.4, -0.2) is 66.7 Å². The lowest BCUT2D eigenvalue weighted by Gasteiger charge is -2.20. The zero-order valence-electron chi connectivity index (χ0n) is 11.4. The third-order valence-electron chi connectivity index (χ3n) is 2.64. The van der Waals surface area contributed by atoms with Gasteiger partial charge in [0.1, 0.15) is 6.10 Å². The van der Waals surface area contributed by atoms with Crippen LogP contribution in [0.25, 0.3) is 0 Å². The number of hydrogen-bond donors (Lipinski definition) is 3. The summed E-state index contributed by atoms with van der Waals surface area (Å²) in [5, 5.41) is 20.3. The van der Waals surface area contributed by atoms with Gasteiger partial charge in [-0.25, -0.2) is 4.79 Å². The number of alkyl carbamates (subject to hydrolysis) is 1. The molecule has 6 nitrogen and oxygen atoms in total. The maximum absolute atomic E-state index is 11.3. The molecule has 0 heterocycles. The molecule has 0 bridgehead atoms. The van der Waals surface area contributed by atoms with Gasteiger partial charge in [-0.2, -0.15) is 0 Å². The lowest BCUT2D eigenvalue weighted by molar-refractivity contribution is 0.104. The van der Waals surface area contributed by atoms with E-state index in [1.807, 2.05) is 18.7 Å². The number of carbonyl (C=O) groups is 1. The van der Waals surface area contributed by atoms with E-state index in [4.69, 9.17) is 14.9 Å². The van der Waals surface area contributed by atoms with Crippen LogP contribution in [0.5, 0.6) is 0 Å². The molecular weight excluding hydrogens is 236 g/mol. The minimum absolute atomic E-state index is 0.0646. The average Bonchev–Trinajstić information content (AvgIpc) is 2.34. The van der Waals surface area contributed by atoms with Crippen molar-refractivity contribution in [1.82, 2.24) is 10.2 Å². The number of nitrogens with one attached hydrogen (secondary N) is 1. The topological polar surface area (TPSA) is 82.0 Å². The molecular formula is C12H26N2O4. The average molecular weight is 262 g/mol. The Balaban J connectivity index is 3.60. The van der Waals surface area contributed by atoms with Gasteiger partial charge in [-0.15, -0.1) is 0 Å². The van der Waals surface area contributed by atoms with E-state index in [-0.39, 0.29) is 25.4 Å². The monoisotopic (exact) mass is 262 g/mol. The van der Waals surface area contributed by atoms with Crippen LogP contribution in [0.3, 0.4) is 0 Å². The number of aliphatic hydroxyl groups excluding tert-OH is 2. The summed E-state index contributed by atoms with van der Waals surface area (Å²) in [6, 6.07) is 0. The molecule has 0 fully saturated rings. The standard InChI is InChI=1S/C12H26N2O4/c1-3-11(2)18-12(17)13-5-4-6-14(7-9-15)8-10-16/h11,15-16H,3-10H2,1-2H3,(H,13,17). The first-order valence-corrected chi connectivity index (χ1v) is 6.52. The molecule has 108 valence electrons. The van der Waals surface area contributed by atoms with Crippen LogP contribution in [-0.2, 0) is 4.74 Å². The summed E-state index contributed by atoms with van der Waals surface area (Å²) in [4.78, 5) is 13.2. The number of ether oxygens (including phenoxy) is 1. The molecule has 0 aromatic heterocycles. The molecule has 18 heavy (non-hydrogen) atoms. The van der Waals surface area contributed by atoms with Gasteiger partial charge < -0.3 is 20.3 Å². The van der Waals surface area contributed by atoms with Gasteiger partial charge in [-0.05, 0) is 26.3 Å². The van der Waals surface area contributed by atoms with Crippen molar-refractivity contribution in [3.8, 4) is 0 Å². The molecule has 0 aromatic carbocycles. The molecule has 0 radical (unpaired) electrons. The van der Waals surface area contributed by atoms with Crippen molar-refractivity contribution in [1.29, 1.82) is 0 Å². The summed E-state index contributed by atoms with van der Waals surface area (Å²) in [5.74, 6) is 0. The molecule has 1 amide bonds. The second-order valence-electron chi connectivity index (χ2n) is 4.19. The summed E-state index contributed by atoms with van der Waals surface area (Å²) in [7, 11) is 0. The number of carbonyl (C=O) groups excluding carboxylic acids is 1. The Bertz CT molecular complexity index is 208. The van der Waals surface area contributed by atoms with E-state index in [1.165, 1.54) is 0 Å². The maximum Gasteiger partial charge on any atom is 0.407 e. The predicted molar refractivity (Wildman–Crippen MR) is 69.5 cm³/mol. The molecule has 0 saturated carbocycles. The van der Waals surface area contributed by atoms with Crippen molar-refractivity contribution in [2.24, 2.45) is 0 Å². The van der Waals surface area contributed by atoms with Crippen LogP contribution >= 0.6 is 0 Å². The van der Waals surface area contributed by atoms with E-state index in [9.17, 15) is 4.79 Å². The zero-order valence-corrected chi connectivity index (χ0v) is 11.4. The highest BCUT2D eigenvalue weighted by atomic mass is 16.6. The van der Waals surface area contributed by atoms with Gasteiger partial charge in [0.05, 0.1) is 13.2 Å². The van der Waals surface area contributed by atoms with Crippen molar-refractivity contribution in [2.75, 3.05) is 39.4 Å². The number of nitrogens with zero attached hydrogens (tertiary/aromatic N) is 1. The third kappa shape index (κ3) is 9.21. The number of rotatable bonds is 10. The molecule has 1 atom stereocenters. The molecule has 6 heteroatoms. The maximum atomic E-state index is 11.3. The fourth-order valence-corrected chi connectivity index (χ4v) is 1.42. The highest BCUT2D eigenvalue weighted by Gasteiger charge is 2.07. The first kappa shape index (κ1) is 17.2. The van der Waals surface area contributed by atoms with Crippen LogP contribution in [0.4, 0.5) is 4.79 Å². The van der Waals surface area contributed by atoms with E-state index in [1.54, 1.807) is 0 Å². The molecule has 0 aliphatic rings. The highest BCUT2D eigenvalue weighted by Crippen LogP contribution is 1.96. The molecule has 0 spiro atoms. The minimum atomic E-state index is -0.389. The minimum Gasteiger partial charge on any atom is -0.447 e. The molecule has 0 rings (SSSR count). The second-order valence-corrected chi connectivity index (χ2v) is 4.19. The smallest absolute Gasteiger partial charge is 0.407 e. The molecule has 0 aromatic rings. The Morgan fingerprint density at radius 3 is 2.39 bits per heavy atom. The van der Waals surface area contributed by atoms with Gasteiger partial charge in [0.25, 0.3) is 0 Å². The predicted octanol–water partition coefficient (Wildman–Crippen LogP) is 0.188. The third-order valence-corrected chi connectivity index (χ3v) is 2.64. The first-order valence-electron chi connectivity index (χ1n) is 6.52. The zero-order chi connectivity index (χ0) is 13.8. The van der Waals surface area contributed by atoms with Crippen LogP contribution in [0.1, 0.15) is 26.7 Å². The summed E-state index contributed by atoms with van der Waals surface area (Å²) < 4.78 is 5.06. The Morgan fingerprint density at radius 1 is 1.28 bits per heavy atom. The normalized spacial score (nSPS) is 12.5. The van der Waals surface area contributed by atoms with Crippen LogP contribution in [0.2, 0.25) is 0 Å². The van der Waals surface area contributed by atoms with Gasteiger partial charge >= 0.3 is 6.09 Å². The Morgan fingerprint density at radius 2 is 1.89 bits per heavy atom. The van der Waals surface area contributed by atoms with Gasteiger partial charge in [-0.1, -0.05) is 6.92 Å². The summed E-state index contributed by atoms with van der Waals surface area (Å²) in [5.41, 5.74) is 0. The Labute approximate surface area is 109 Å². The number of amides is 1. The molecule has 0 saturated heterocycles. The van der Waals surface area contributed by atoms with Crippen molar-refractivity contribution >= 4 is 6.09 Å². The SMILES string of the molecule is CCC(C)OC(=O)NCCCN(CCO)CCO. The van der Waals surface area contributed by atoms with Crippen molar-refractivity contribution in [3.63, 3.8) is 0 Å². The van der Waals surface area contributed by atoms with E-state index in [0.717, 1.165) is 19.4 Å². The second kappa shape index (κ2) is 11.3. The van der Waals surface area contributed by atoms with Gasteiger partial charge in [0, 0.05) is 19.6 Å². The molecule has 0 aliphatic heterocycles. The number of hydrogen-bond acceptors (Lipinski definition) is 5. The summed E-state index contributed by atoms with van der Waals surface area (Å²) in [6.07, 6.45) is 1.11. The summed E-state index contributed by atoms with van der Waals surface area (Å²) in [6.45, 7) is 6.29. The first-order chi connectivity index (χ1) is 8.63. The van der Waals surface area contributed by atoms with Crippen LogP contribution in [0, 0.1) is 0 Å². The molecule has 1 unspecified atom stereocenters. The lowest BCUT2D eigenvalue weighted by atomic mass is 10.3. The van der Waals surface area contributed by atoms with E-state index in [2.05, 4.69) is 5.32 Å². The van der Waals surface area contributed by atoms with Crippen molar-refractivity contribution in [3.05, 3.63) is 0 Å². The summed E-state index contributed by atoms with van der Waals surface area (Å²) >= 11 is 0. The lowest BCUT2D eigenvalue weighted by Crippen LogP contribution is -2.34. The van der Waals surface area contributed by atoms with Gasteiger partial charge in [-0.3, -0.25) is 4.90 Å². The Kier molecular flexibility index (Phi) is 10.7. The quantitative estimate of drug-likeness (QED) is 0.490. The van der Waals surface area contributed by atoms with Gasteiger partial charge in [0.15, 0.2) is 0 Å². The largest absolute Gasteiger partial charge is 0.447 e. The van der Waals surface area contributed by atoms with E-state index in [0.29, 0.717) is 19.6 Å². The molecule has 3 N–H and O–H groups in total. The fourth-order valence-electron chi connectivity index (χ4n) is 1.42. The van der Waals surface area contributed by atoms with E-state index >= 15 is 0 Å². The van der Waals surface area contributed by atoms with E-state index < -0.39 is 0 Å².